The van der Waals surface area contributed by atoms with Gasteiger partial charge in [-0.1, -0.05) is 46.3 Å². The summed E-state index contributed by atoms with van der Waals surface area (Å²) in [6.07, 6.45) is 2.63. The number of benzene rings is 2. The minimum absolute atomic E-state index is 0.0479. The van der Waals surface area contributed by atoms with E-state index in [1.165, 1.54) is 12.2 Å². The molecule has 3 nitrogen and oxygen atoms in total. The standard InChI is InChI=1S/C18H11BrO3/c19-14-8-6-12(7-9-14)15(20)10-18-16(21)11-17(22-18)13-4-2-1-3-5-13/h1-11H/b18-10-. The van der Waals surface area contributed by atoms with Gasteiger partial charge in [-0.3, -0.25) is 9.59 Å². The summed E-state index contributed by atoms with van der Waals surface area (Å²) in [5.74, 6) is -0.0601. The van der Waals surface area contributed by atoms with Crippen molar-refractivity contribution in [1.82, 2.24) is 0 Å². The minimum atomic E-state index is -0.302. The molecule has 0 saturated heterocycles. The smallest absolute Gasteiger partial charge is 0.224 e. The van der Waals surface area contributed by atoms with Crippen LogP contribution in [0.25, 0.3) is 5.76 Å². The van der Waals surface area contributed by atoms with Crippen molar-refractivity contribution in [3.63, 3.8) is 0 Å². The normalized spacial score (nSPS) is 15.6. The van der Waals surface area contributed by atoms with Crippen molar-refractivity contribution >= 4 is 33.3 Å². The third-order valence-electron chi connectivity index (χ3n) is 3.17. The lowest BCUT2D eigenvalue weighted by Crippen LogP contribution is -2.01. The van der Waals surface area contributed by atoms with Crippen LogP contribution in [0.15, 0.2) is 77.0 Å². The van der Waals surface area contributed by atoms with Gasteiger partial charge >= 0.3 is 0 Å². The lowest BCUT2D eigenvalue weighted by molar-refractivity contribution is -0.112. The molecule has 0 bridgehead atoms. The van der Waals surface area contributed by atoms with E-state index in [1.807, 2.05) is 30.3 Å². The molecular formula is C18H11BrO3. The average Bonchev–Trinajstić information content (AvgIpc) is 2.90. The van der Waals surface area contributed by atoms with Crippen LogP contribution in [0.1, 0.15) is 15.9 Å². The summed E-state index contributed by atoms with van der Waals surface area (Å²) < 4.78 is 6.41. The Morgan fingerprint density at radius 2 is 1.68 bits per heavy atom. The van der Waals surface area contributed by atoms with Gasteiger partial charge in [0.1, 0.15) is 5.76 Å². The molecule has 0 aliphatic carbocycles. The largest absolute Gasteiger partial charge is 0.452 e. The highest BCUT2D eigenvalue weighted by molar-refractivity contribution is 9.10. The first-order valence-corrected chi connectivity index (χ1v) is 7.44. The zero-order valence-electron chi connectivity index (χ0n) is 11.5. The van der Waals surface area contributed by atoms with Crippen LogP contribution in [0.3, 0.4) is 0 Å². The Hall–Kier alpha value is -2.46. The Balaban J connectivity index is 1.81. The molecule has 22 heavy (non-hydrogen) atoms. The third-order valence-corrected chi connectivity index (χ3v) is 3.70. The monoisotopic (exact) mass is 354 g/mol. The van der Waals surface area contributed by atoms with Crippen LogP contribution in [0.4, 0.5) is 0 Å². The van der Waals surface area contributed by atoms with Crippen LogP contribution in [-0.4, -0.2) is 11.6 Å². The highest BCUT2D eigenvalue weighted by Gasteiger charge is 2.23. The number of carbonyl (C=O) groups excluding carboxylic acids is 2. The molecule has 1 aliphatic rings. The van der Waals surface area contributed by atoms with Gasteiger partial charge in [0.2, 0.25) is 5.78 Å². The zero-order chi connectivity index (χ0) is 15.5. The van der Waals surface area contributed by atoms with Gasteiger partial charge in [-0.2, -0.15) is 0 Å². The molecule has 0 fully saturated rings. The number of rotatable bonds is 3. The van der Waals surface area contributed by atoms with Crippen molar-refractivity contribution in [2.75, 3.05) is 0 Å². The minimum Gasteiger partial charge on any atom is -0.452 e. The fourth-order valence-corrected chi connectivity index (χ4v) is 2.31. The third kappa shape index (κ3) is 3.07. The van der Waals surface area contributed by atoms with E-state index < -0.39 is 0 Å². The second kappa shape index (κ2) is 6.12. The summed E-state index contributed by atoms with van der Waals surface area (Å²) in [6, 6.07) is 16.2. The van der Waals surface area contributed by atoms with Gasteiger partial charge in [0.05, 0.1) is 0 Å². The molecule has 0 amide bonds. The number of allylic oxidation sites excluding steroid dienone is 2. The number of hydrogen-bond acceptors (Lipinski definition) is 3. The van der Waals surface area contributed by atoms with Crippen LogP contribution in [0.2, 0.25) is 0 Å². The van der Waals surface area contributed by atoms with Crippen molar-refractivity contribution in [3.05, 3.63) is 88.1 Å². The number of carbonyl (C=O) groups is 2. The molecule has 108 valence electrons. The van der Waals surface area contributed by atoms with Gasteiger partial charge in [0.25, 0.3) is 0 Å². The highest BCUT2D eigenvalue weighted by atomic mass is 79.9. The molecule has 2 aromatic carbocycles. The zero-order valence-corrected chi connectivity index (χ0v) is 13.0. The van der Waals surface area contributed by atoms with E-state index >= 15 is 0 Å². The van der Waals surface area contributed by atoms with Gasteiger partial charge in [-0.05, 0) is 24.3 Å². The maximum Gasteiger partial charge on any atom is 0.224 e. The summed E-state index contributed by atoms with van der Waals surface area (Å²) in [5, 5.41) is 0. The Labute approximate surface area is 136 Å². The molecule has 0 radical (unpaired) electrons. The molecule has 0 unspecified atom stereocenters. The van der Waals surface area contributed by atoms with Crippen molar-refractivity contribution in [1.29, 1.82) is 0 Å². The first-order valence-electron chi connectivity index (χ1n) is 6.64. The maximum atomic E-state index is 12.2. The molecule has 0 N–H and O–H groups in total. The number of hydrogen-bond donors (Lipinski definition) is 0. The van der Waals surface area contributed by atoms with E-state index in [2.05, 4.69) is 15.9 Å². The van der Waals surface area contributed by atoms with Gasteiger partial charge in [-0.25, -0.2) is 0 Å². The van der Waals surface area contributed by atoms with Gasteiger partial charge in [0.15, 0.2) is 11.5 Å². The molecular weight excluding hydrogens is 344 g/mol. The van der Waals surface area contributed by atoms with Crippen LogP contribution in [0.5, 0.6) is 0 Å². The van der Waals surface area contributed by atoms with Crippen LogP contribution in [0, 0.1) is 0 Å². The molecule has 2 aromatic rings. The Morgan fingerprint density at radius 3 is 2.36 bits per heavy atom. The van der Waals surface area contributed by atoms with E-state index in [4.69, 9.17) is 4.74 Å². The number of ether oxygens (including phenoxy) is 1. The molecule has 1 aliphatic heterocycles. The number of halogens is 1. The lowest BCUT2D eigenvalue weighted by Gasteiger charge is -2.04. The fourth-order valence-electron chi connectivity index (χ4n) is 2.05. The molecule has 0 saturated carbocycles. The first kappa shape index (κ1) is 14.5. The van der Waals surface area contributed by atoms with E-state index in [0.29, 0.717) is 11.3 Å². The summed E-state index contributed by atoms with van der Waals surface area (Å²) in [7, 11) is 0. The SMILES string of the molecule is O=C1C=C(c2ccccc2)O/C1=C\C(=O)c1ccc(Br)cc1. The first-order chi connectivity index (χ1) is 10.6. The van der Waals surface area contributed by atoms with Crippen LogP contribution in [-0.2, 0) is 9.53 Å². The second-order valence-electron chi connectivity index (χ2n) is 4.72. The predicted molar refractivity (Wildman–Crippen MR) is 87.1 cm³/mol. The topological polar surface area (TPSA) is 43.4 Å². The van der Waals surface area contributed by atoms with Gasteiger partial charge in [0, 0.05) is 27.8 Å². The molecule has 3 rings (SSSR count). The van der Waals surface area contributed by atoms with E-state index in [1.54, 1.807) is 24.3 Å². The second-order valence-corrected chi connectivity index (χ2v) is 5.64. The Morgan fingerprint density at radius 1 is 1.00 bits per heavy atom. The van der Waals surface area contributed by atoms with Crippen molar-refractivity contribution in [3.8, 4) is 0 Å². The van der Waals surface area contributed by atoms with Crippen LogP contribution < -0.4 is 0 Å². The quantitative estimate of drug-likeness (QED) is 0.614. The van der Waals surface area contributed by atoms with E-state index in [0.717, 1.165) is 10.0 Å². The fraction of sp³-hybridized carbons (Fsp3) is 0. The average molecular weight is 355 g/mol. The molecule has 0 aromatic heterocycles. The van der Waals surface area contributed by atoms with Crippen molar-refractivity contribution < 1.29 is 14.3 Å². The number of ketones is 2. The van der Waals surface area contributed by atoms with Gasteiger partial charge < -0.3 is 4.74 Å². The summed E-state index contributed by atoms with van der Waals surface area (Å²) in [4.78, 5) is 24.1. The Kier molecular flexibility index (Phi) is 4.02. The molecule has 0 spiro atoms. The molecule has 1 heterocycles. The van der Waals surface area contributed by atoms with Crippen LogP contribution >= 0.6 is 15.9 Å². The maximum absolute atomic E-state index is 12.2. The lowest BCUT2D eigenvalue weighted by atomic mass is 10.1. The Bertz CT molecular complexity index is 787. The van der Waals surface area contributed by atoms with Crippen molar-refractivity contribution in [2.24, 2.45) is 0 Å². The van der Waals surface area contributed by atoms with E-state index in [9.17, 15) is 9.59 Å². The molecule has 0 atom stereocenters. The van der Waals surface area contributed by atoms with E-state index in [-0.39, 0.29) is 17.3 Å². The van der Waals surface area contributed by atoms with Crippen molar-refractivity contribution in [2.45, 2.75) is 0 Å². The molecule has 4 heteroatoms. The summed E-state index contributed by atoms with van der Waals surface area (Å²) in [5.41, 5.74) is 1.30. The van der Waals surface area contributed by atoms with Gasteiger partial charge in [-0.15, -0.1) is 0 Å². The summed E-state index contributed by atoms with van der Waals surface area (Å²) in [6.45, 7) is 0. The predicted octanol–water partition coefficient (Wildman–Crippen LogP) is 4.16. The highest BCUT2D eigenvalue weighted by Crippen LogP contribution is 2.26. The summed E-state index contributed by atoms with van der Waals surface area (Å²) >= 11 is 3.31.